The molecule has 0 aromatic heterocycles. The van der Waals surface area contributed by atoms with Crippen LogP contribution in [0.25, 0.3) is 0 Å². The number of aryl methyl sites for hydroxylation is 2. The van der Waals surface area contributed by atoms with Crippen LogP contribution in [-0.2, 0) is 9.53 Å². The molecule has 0 bridgehead atoms. The molecule has 27 heavy (non-hydrogen) atoms. The van der Waals surface area contributed by atoms with Crippen molar-refractivity contribution in [3.63, 3.8) is 0 Å². The van der Waals surface area contributed by atoms with Gasteiger partial charge in [0.1, 0.15) is 0 Å². The molecule has 0 aliphatic carbocycles. The van der Waals surface area contributed by atoms with Crippen LogP contribution in [0.5, 0.6) is 0 Å². The van der Waals surface area contributed by atoms with Gasteiger partial charge in [0.15, 0.2) is 6.61 Å². The van der Waals surface area contributed by atoms with Gasteiger partial charge in [-0.15, -0.1) is 0 Å². The molecule has 1 saturated heterocycles. The second kappa shape index (κ2) is 8.44. The molecule has 142 valence electrons. The molecule has 0 saturated carbocycles. The number of nitrogens with zero attached hydrogens (tertiary/aromatic N) is 2. The highest BCUT2D eigenvalue weighted by atomic mass is 35.5. The molecule has 3 rings (SSSR count). The van der Waals surface area contributed by atoms with Crippen LogP contribution in [0, 0.1) is 13.8 Å². The summed E-state index contributed by atoms with van der Waals surface area (Å²) in [5, 5.41) is 0.708. The van der Waals surface area contributed by atoms with Crippen LogP contribution in [0.15, 0.2) is 42.5 Å². The lowest BCUT2D eigenvalue weighted by Gasteiger charge is -2.36. The van der Waals surface area contributed by atoms with Gasteiger partial charge in [0.25, 0.3) is 5.91 Å². The molecule has 0 radical (unpaired) electrons. The van der Waals surface area contributed by atoms with E-state index in [1.807, 2.05) is 50.2 Å². The molecule has 1 aliphatic heterocycles. The van der Waals surface area contributed by atoms with E-state index in [1.54, 1.807) is 11.0 Å². The zero-order valence-electron chi connectivity index (χ0n) is 15.6. The fraction of sp³-hybridized carbons (Fsp3) is 0.333. The van der Waals surface area contributed by atoms with Crippen molar-refractivity contribution in [1.29, 1.82) is 0 Å². The molecule has 5 nitrogen and oxygen atoms in total. The minimum absolute atomic E-state index is 0.174. The minimum atomic E-state index is -0.462. The number of piperazine rings is 1. The number of hydrogen-bond donors (Lipinski definition) is 0. The van der Waals surface area contributed by atoms with E-state index in [9.17, 15) is 9.59 Å². The Morgan fingerprint density at radius 1 is 1.04 bits per heavy atom. The SMILES string of the molecule is Cc1ccc(C(=O)OCC(=O)N2CCN(c3ccccc3Cl)CC2)c(C)c1. The smallest absolute Gasteiger partial charge is 0.338 e. The summed E-state index contributed by atoms with van der Waals surface area (Å²) >= 11 is 6.24. The van der Waals surface area contributed by atoms with Gasteiger partial charge >= 0.3 is 5.97 Å². The van der Waals surface area contributed by atoms with Gasteiger partial charge in [-0.25, -0.2) is 4.79 Å². The van der Waals surface area contributed by atoms with Gasteiger partial charge in [0.05, 0.1) is 16.3 Å². The van der Waals surface area contributed by atoms with Crippen LogP contribution < -0.4 is 4.90 Å². The molecule has 1 amide bonds. The van der Waals surface area contributed by atoms with Crippen molar-refractivity contribution < 1.29 is 14.3 Å². The molecule has 1 aliphatic rings. The molecule has 2 aromatic carbocycles. The maximum absolute atomic E-state index is 12.4. The van der Waals surface area contributed by atoms with Crippen LogP contribution in [0.2, 0.25) is 5.02 Å². The number of rotatable bonds is 4. The summed E-state index contributed by atoms with van der Waals surface area (Å²) in [7, 11) is 0. The fourth-order valence-electron chi connectivity index (χ4n) is 3.24. The van der Waals surface area contributed by atoms with Gasteiger partial charge in [-0.05, 0) is 37.6 Å². The number of benzene rings is 2. The zero-order valence-corrected chi connectivity index (χ0v) is 16.3. The second-order valence-corrected chi connectivity index (χ2v) is 7.12. The number of carbonyl (C=O) groups is 2. The van der Waals surface area contributed by atoms with E-state index in [0.29, 0.717) is 36.8 Å². The number of ether oxygens (including phenoxy) is 1. The maximum Gasteiger partial charge on any atom is 0.338 e. The van der Waals surface area contributed by atoms with E-state index >= 15 is 0 Å². The van der Waals surface area contributed by atoms with Crippen molar-refractivity contribution in [2.45, 2.75) is 13.8 Å². The minimum Gasteiger partial charge on any atom is -0.452 e. The van der Waals surface area contributed by atoms with Gasteiger partial charge in [-0.3, -0.25) is 4.79 Å². The fourth-order valence-corrected chi connectivity index (χ4v) is 3.50. The third-order valence-corrected chi connectivity index (χ3v) is 5.07. The molecule has 2 aromatic rings. The monoisotopic (exact) mass is 386 g/mol. The Balaban J connectivity index is 1.51. The van der Waals surface area contributed by atoms with Crippen molar-refractivity contribution >= 4 is 29.2 Å². The third-order valence-electron chi connectivity index (χ3n) is 4.75. The van der Waals surface area contributed by atoms with Crippen LogP contribution in [-0.4, -0.2) is 49.6 Å². The predicted octanol–water partition coefficient (Wildman–Crippen LogP) is 3.46. The molecule has 0 unspecified atom stereocenters. The highest BCUT2D eigenvalue weighted by molar-refractivity contribution is 6.33. The van der Waals surface area contributed by atoms with E-state index in [-0.39, 0.29) is 12.5 Å². The Morgan fingerprint density at radius 2 is 1.74 bits per heavy atom. The Morgan fingerprint density at radius 3 is 2.41 bits per heavy atom. The highest BCUT2D eigenvalue weighted by Gasteiger charge is 2.23. The molecule has 1 heterocycles. The van der Waals surface area contributed by atoms with Gasteiger partial charge in [-0.1, -0.05) is 41.4 Å². The van der Waals surface area contributed by atoms with E-state index in [2.05, 4.69) is 4.90 Å². The number of anilines is 1. The van der Waals surface area contributed by atoms with E-state index in [4.69, 9.17) is 16.3 Å². The lowest BCUT2D eigenvalue weighted by atomic mass is 10.1. The molecular formula is C21H23ClN2O3. The van der Waals surface area contributed by atoms with Gasteiger partial charge in [-0.2, -0.15) is 0 Å². The van der Waals surface area contributed by atoms with Crippen molar-refractivity contribution in [2.75, 3.05) is 37.7 Å². The van der Waals surface area contributed by atoms with Gasteiger partial charge in [0.2, 0.25) is 0 Å². The summed E-state index contributed by atoms with van der Waals surface area (Å²) < 4.78 is 5.23. The Labute approximate surface area is 164 Å². The number of para-hydroxylation sites is 1. The summed E-state index contributed by atoms with van der Waals surface area (Å²) in [6.45, 7) is 6.13. The standard InChI is InChI=1S/C21H23ClN2O3/c1-15-7-8-17(16(2)13-15)21(26)27-14-20(25)24-11-9-23(10-12-24)19-6-4-3-5-18(19)22/h3-8,13H,9-12,14H2,1-2H3. The predicted molar refractivity (Wildman–Crippen MR) is 106 cm³/mol. The largest absolute Gasteiger partial charge is 0.452 e. The summed E-state index contributed by atoms with van der Waals surface area (Å²) in [5.41, 5.74) is 3.40. The summed E-state index contributed by atoms with van der Waals surface area (Å²) in [5.74, 6) is -0.637. The summed E-state index contributed by atoms with van der Waals surface area (Å²) in [6, 6.07) is 13.2. The zero-order chi connectivity index (χ0) is 19.4. The van der Waals surface area contributed by atoms with E-state index in [1.165, 1.54) is 0 Å². The second-order valence-electron chi connectivity index (χ2n) is 6.71. The lowest BCUT2D eigenvalue weighted by Crippen LogP contribution is -2.50. The topological polar surface area (TPSA) is 49.9 Å². The van der Waals surface area contributed by atoms with E-state index in [0.717, 1.165) is 16.8 Å². The number of hydrogen-bond acceptors (Lipinski definition) is 4. The maximum atomic E-state index is 12.4. The summed E-state index contributed by atoms with van der Waals surface area (Å²) in [6.07, 6.45) is 0. The molecule has 0 atom stereocenters. The Kier molecular flexibility index (Phi) is 6.01. The van der Waals surface area contributed by atoms with Gasteiger partial charge in [0, 0.05) is 26.2 Å². The molecule has 0 N–H and O–H groups in total. The third kappa shape index (κ3) is 4.61. The van der Waals surface area contributed by atoms with Crippen molar-refractivity contribution in [3.05, 3.63) is 64.2 Å². The highest BCUT2D eigenvalue weighted by Crippen LogP contribution is 2.26. The average Bonchev–Trinajstić information content (AvgIpc) is 2.66. The number of halogens is 1. The lowest BCUT2D eigenvalue weighted by molar-refractivity contribution is -0.134. The molecule has 6 heteroatoms. The molecule has 0 spiro atoms. The van der Waals surface area contributed by atoms with Crippen molar-refractivity contribution in [3.8, 4) is 0 Å². The van der Waals surface area contributed by atoms with E-state index < -0.39 is 5.97 Å². The Bertz CT molecular complexity index is 845. The van der Waals surface area contributed by atoms with Crippen LogP contribution in [0.1, 0.15) is 21.5 Å². The van der Waals surface area contributed by atoms with Crippen molar-refractivity contribution in [2.24, 2.45) is 0 Å². The first-order valence-electron chi connectivity index (χ1n) is 8.97. The number of amides is 1. The quantitative estimate of drug-likeness (QED) is 0.755. The normalized spacial score (nSPS) is 14.2. The number of esters is 1. The first-order chi connectivity index (χ1) is 13.0. The van der Waals surface area contributed by atoms with Crippen LogP contribution in [0.4, 0.5) is 5.69 Å². The van der Waals surface area contributed by atoms with Crippen molar-refractivity contribution in [1.82, 2.24) is 4.90 Å². The number of carbonyl (C=O) groups excluding carboxylic acids is 2. The summed E-state index contributed by atoms with van der Waals surface area (Å²) in [4.78, 5) is 28.5. The molecular weight excluding hydrogens is 364 g/mol. The first-order valence-corrected chi connectivity index (χ1v) is 9.35. The van der Waals surface area contributed by atoms with Crippen LogP contribution >= 0.6 is 11.6 Å². The van der Waals surface area contributed by atoms with Gasteiger partial charge < -0.3 is 14.5 Å². The Hall–Kier alpha value is -2.53. The van der Waals surface area contributed by atoms with Crippen LogP contribution in [0.3, 0.4) is 0 Å². The molecule has 1 fully saturated rings. The average molecular weight is 387 g/mol. The first kappa shape index (κ1) is 19.2.